The van der Waals surface area contributed by atoms with Crippen LogP contribution in [0, 0.1) is 13.8 Å². The molecule has 1 atom stereocenters. The zero-order valence-electron chi connectivity index (χ0n) is 16.6. The number of Topliss-reactive ketones (excluding diaryl/α,β-unsaturated/α-hetero) is 1. The molecule has 4 rings (SSSR count). The molecule has 1 unspecified atom stereocenters. The number of aryl methyl sites for hydroxylation is 2. The van der Waals surface area contributed by atoms with E-state index in [9.17, 15) is 14.7 Å². The standard InChI is InChI=1S/C25H20BrNO3/c1-15-8-9-18(14-16(15)2)23(28)21-22(17-6-4-3-5-7-17)27(25(30)24(21)29)20-12-10-19(26)11-13-20/h3-14,22,28H,1-2H3/b23-21-. The Kier molecular flexibility index (Phi) is 5.31. The molecule has 3 aromatic carbocycles. The fourth-order valence-electron chi connectivity index (χ4n) is 3.70. The second-order valence-corrected chi connectivity index (χ2v) is 8.27. The molecule has 1 heterocycles. The molecule has 1 fully saturated rings. The van der Waals surface area contributed by atoms with Crippen LogP contribution in [0.15, 0.2) is 82.8 Å². The minimum absolute atomic E-state index is 0.0948. The second kappa shape index (κ2) is 7.92. The minimum Gasteiger partial charge on any atom is -0.507 e. The van der Waals surface area contributed by atoms with Gasteiger partial charge in [0.25, 0.3) is 11.7 Å². The van der Waals surface area contributed by atoms with Crippen molar-refractivity contribution in [2.24, 2.45) is 0 Å². The number of aliphatic hydroxyl groups excluding tert-OH is 1. The number of ketones is 1. The summed E-state index contributed by atoms with van der Waals surface area (Å²) in [5, 5.41) is 11.1. The van der Waals surface area contributed by atoms with Gasteiger partial charge in [-0.3, -0.25) is 14.5 Å². The number of anilines is 1. The Morgan fingerprint density at radius 1 is 0.900 bits per heavy atom. The predicted molar refractivity (Wildman–Crippen MR) is 121 cm³/mol. The first-order valence-corrected chi connectivity index (χ1v) is 10.4. The third-order valence-electron chi connectivity index (χ3n) is 5.44. The molecule has 1 amide bonds. The molecule has 0 bridgehead atoms. The third kappa shape index (κ3) is 3.46. The van der Waals surface area contributed by atoms with Crippen molar-refractivity contribution >= 4 is 39.1 Å². The van der Waals surface area contributed by atoms with Gasteiger partial charge >= 0.3 is 0 Å². The monoisotopic (exact) mass is 461 g/mol. The lowest BCUT2D eigenvalue weighted by atomic mass is 9.94. The van der Waals surface area contributed by atoms with Crippen LogP contribution in [0.25, 0.3) is 5.76 Å². The van der Waals surface area contributed by atoms with Crippen molar-refractivity contribution in [1.82, 2.24) is 0 Å². The van der Waals surface area contributed by atoms with E-state index in [1.807, 2.05) is 68.4 Å². The Morgan fingerprint density at radius 3 is 2.20 bits per heavy atom. The van der Waals surface area contributed by atoms with Crippen molar-refractivity contribution in [3.05, 3.63) is 105 Å². The molecule has 5 heteroatoms. The number of rotatable bonds is 3. The SMILES string of the molecule is Cc1ccc(/C(O)=C2/C(=O)C(=O)N(c3ccc(Br)cc3)C2c2ccccc2)cc1C. The van der Waals surface area contributed by atoms with Crippen LogP contribution in [0.5, 0.6) is 0 Å². The Labute approximate surface area is 183 Å². The molecule has 30 heavy (non-hydrogen) atoms. The van der Waals surface area contributed by atoms with Crippen LogP contribution in [0.1, 0.15) is 28.3 Å². The summed E-state index contributed by atoms with van der Waals surface area (Å²) in [6.45, 7) is 3.93. The normalized spacial score (nSPS) is 18.1. The van der Waals surface area contributed by atoms with Gasteiger partial charge in [0.1, 0.15) is 5.76 Å². The number of hydrogen-bond donors (Lipinski definition) is 1. The molecule has 1 N–H and O–H groups in total. The van der Waals surface area contributed by atoms with Gasteiger partial charge in [-0.25, -0.2) is 0 Å². The summed E-state index contributed by atoms with van der Waals surface area (Å²) >= 11 is 3.40. The van der Waals surface area contributed by atoms with E-state index in [4.69, 9.17) is 0 Å². The average Bonchev–Trinajstić information content (AvgIpc) is 3.02. The molecule has 3 aromatic rings. The van der Waals surface area contributed by atoms with Crippen LogP contribution in [0.4, 0.5) is 5.69 Å². The van der Waals surface area contributed by atoms with Gasteiger partial charge in [-0.05, 0) is 60.9 Å². The summed E-state index contributed by atoms with van der Waals surface area (Å²) in [6.07, 6.45) is 0. The van der Waals surface area contributed by atoms with Crippen molar-refractivity contribution < 1.29 is 14.7 Å². The van der Waals surface area contributed by atoms with Gasteiger partial charge in [-0.15, -0.1) is 0 Å². The van der Waals surface area contributed by atoms with Gasteiger partial charge in [0.05, 0.1) is 11.6 Å². The van der Waals surface area contributed by atoms with Crippen molar-refractivity contribution in [2.45, 2.75) is 19.9 Å². The highest BCUT2D eigenvalue weighted by molar-refractivity contribution is 9.10. The van der Waals surface area contributed by atoms with E-state index in [2.05, 4.69) is 15.9 Å². The molecule has 1 saturated heterocycles. The van der Waals surface area contributed by atoms with Gasteiger partial charge in [0.15, 0.2) is 0 Å². The Bertz CT molecular complexity index is 1170. The molecular formula is C25H20BrNO3. The van der Waals surface area contributed by atoms with Crippen molar-refractivity contribution in [1.29, 1.82) is 0 Å². The number of aliphatic hydroxyl groups is 1. The van der Waals surface area contributed by atoms with E-state index in [1.165, 1.54) is 4.90 Å². The molecule has 0 radical (unpaired) electrons. The molecule has 150 valence electrons. The lowest BCUT2D eigenvalue weighted by Gasteiger charge is -2.25. The fourth-order valence-corrected chi connectivity index (χ4v) is 3.96. The largest absolute Gasteiger partial charge is 0.507 e. The topological polar surface area (TPSA) is 57.6 Å². The summed E-state index contributed by atoms with van der Waals surface area (Å²) in [6, 6.07) is 21.3. The number of hydrogen-bond acceptors (Lipinski definition) is 3. The highest BCUT2D eigenvalue weighted by atomic mass is 79.9. The summed E-state index contributed by atoms with van der Waals surface area (Å²) in [5.41, 5.74) is 4.04. The molecule has 0 aromatic heterocycles. The van der Waals surface area contributed by atoms with Crippen LogP contribution in [-0.2, 0) is 9.59 Å². The van der Waals surface area contributed by atoms with Crippen molar-refractivity contribution in [3.8, 4) is 0 Å². The first-order chi connectivity index (χ1) is 14.4. The lowest BCUT2D eigenvalue weighted by Crippen LogP contribution is -2.29. The van der Waals surface area contributed by atoms with Gasteiger partial charge in [-0.1, -0.05) is 58.4 Å². The lowest BCUT2D eigenvalue weighted by molar-refractivity contribution is -0.132. The number of carbonyl (C=O) groups excluding carboxylic acids is 2. The van der Waals surface area contributed by atoms with Crippen LogP contribution in [-0.4, -0.2) is 16.8 Å². The van der Waals surface area contributed by atoms with Crippen molar-refractivity contribution in [2.75, 3.05) is 4.90 Å². The Balaban J connectivity index is 1.94. The minimum atomic E-state index is -0.714. The number of halogens is 1. The van der Waals surface area contributed by atoms with Gasteiger partial charge in [-0.2, -0.15) is 0 Å². The molecule has 0 saturated carbocycles. The van der Waals surface area contributed by atoms with E-state index in [0.29, 0.717) is 11.3 Å². The summed E-state index contributed by atoms with van der Waals surface area (Å²) < 4.78 is 0.870. The Morgan fingerprint density at radius 2 is 1.57 bits per heavy atom. The van der Waals surface area contributed by atoms with Gasteiger partial charge in [0, 0.05) is 15.7 Å². The first kappa shape index (κ1) is 20.1. The fraction of sp³-hybridized carbons (Fsp3) is 0.120. The maximum atomic E-state index is 13.1. The van der Waals surface area contributed by atoms with Gasteiger partial charge in [0.2, 0.25) is 0 Å². The van der Waals surface area contributed by atoms with Crippen LogP contribution < -0.4 is 4.90 Å². The molecule has 1 aliphatic rings. The highest BCUT2D eigenvalue weighted by Crippen LogP contribution is 2.42. The first-order valence-electron chi connectivity index (χ1n) is 9.57. The van der Waals surface area contributed by atoms with E-state index in [-0.39, 0.29) is 11.3 Å². The summed E-state index contributed by atoms with van der Waals surface area (Å²) in [7, 11) is 0. The predicted octanol–water partition coefficient (Wildman–Crippen LogP) is 5.69. The summed E-state index contributed by atoms with van der Waals surface area (Å²) in [5.74, 6) is -1.51. The molecule has 0 spiro atoms. The average molecular weight is 462 g/mol. The quantitative estimate of drug-likeness (QED) is 0.309. The van der Waals surface area contributed by atoms with E-state index in [0.717, 1.165) is 21.2 Å². The van der Waals surface area contributed by atoms with E-state index < -0.39 is 17.7 Å². The number of carbonyl (C=O) groups is 2. The smallest absolute Gasteiger partial charge is 0.300 e. The molecule has 1 aliphatic heterocycles. The van der Waals surface area contributed by atoms with Crippen LogP contribution in [0.3, 0.4) is 0 Å². The van der Waals surface area contributed by atoms with Crippen molar-refractivity contribution in [3.63, 3.8) is 0 Å². The zero-order chi connectivity index (χ0) is 21.4. The number of benzene rings is 3. The molecule has 0 aliphatic carbocycles. The summed E-state index contributed by atoms with van der Waals surface area (Å²) in [4.78, 5) is 27.6. The second-order valence-electron chi connectivity index (χ2n) is 7.36. The molecule has 4 nitrogen and oxygen atoms in total. The zero-order valence-corrected chi connectivity index (χ0v) is 18.2. The molecular weight excluding hydrogens is 442 g/mol. The van der Waals surface area contributed by atoms with Gasteiger partial charge < -0.3 is 5.11 Å². The number of amides is 1. The maximum absolute atomic E-state index is 13.1. The maximum Gasteiger partial charge on any atom is 0.300 e. The number of nitrogens with zero attached hydrogens (tertiary/aromatic N) is 1. The van der Waals surface area contributed by atoms with E-state index >= 15 is 0 Å². The Hall–Kier alpha value is -3.18. The van der Waals surface area contributed by atoms with Crippen LogP contribution >= 0.6 is 15.9 Å². The van der Waals surface area contributed by atoms with Crippen LogP contribution in [0.2, 0.25) is 0 Å². The highest BCUT2D eigenvalue weighted by Gasteiger charge is 2.46. The third-order valence-corrected chi connectivity index (χ3v) is 5.97. The van der Waals surface area contributed by atoms with E-state index in [1.54, 1.807) is 18.2 Å².